The highest BCUT2D eigenvalue weighted by atomic mass is 16.5. The number of hydrogen-bond acceptors (Lipinski definition) is 5. The quantitative estimate of drug-likeness (QED) is 0.220. The van der Waals surface area contributed by atoms with E-state index in [1.807, 2.05) is 30.3 Å². The average molecular weight is 414 g/mol. The van der Waals surface area contributed by atoms with Crippen LogP contribution < -0.4 is 16.8 Å². The molecule has 1 aromatic rings. The molecule has 3 rings (SSSR count). The Bertz CT molecular complexity index is 852. The van der Waals surface area contributed by atoms with Crippen LogP contribution in [-0.2, 0) is 20.7 Å². The van der Waals surface area contributed by atoms with Crippen LogP contribution in [0.2, 0.25) is 0 Å². The van der Waals surface area contributed by atoms with Gasteiger partial charge in [0.1, 0.15) is 11.9 Å². The maximum Gasteiger partial charge on any atom is 0.330 e. The number of nitrogens with two attached hydrogens (primary N) is 2. The van der Waals surface area contributed by atoms with E-state index in [9.17, 15) is 14.4 Å². The second kappa shape index (κ2) is 9.38. The van der Waals surface area contributed by atoms with Gasteiger partial charge in [-0.2, -0.15) is 0 Å². The molecule has 6 N–H and O–H groups in total. The summed E-state index contributed by atoms with van der Waals surface area (Å²) in [5, 5.41) is 9.85. The van der Waals surface area contributed by atoms with E-state index in [-0.39, 0.29) is 18.4 Å². The number of likely N-dealkylation sites (tertiary alicyclic amines) is 1. The second-order valence-electron chi connectivity index (χ2n) is 7.41. The summed E-state index contributed by atoms with van der Waals surface area (Å²) in [7, 11) is 0. The van der Waals surface area contributed by atoms with Crippen molar-refractivity contribution in [3.8, 4) is 0 Å². The Balaban J connectivity index is 1.64. The molecule has 0 aromatic heterocycles. The van der Waals surface area contributed by atoms with E-state index in [0.29, 0.717) is 13.0 Å². The highest BCUT2D eigenvalue weighted by Gasteiger charge is 2.56. The number of nitrogens with zero attached hydrogens (tertiary/aromatic N) is 2. The van der Waals surface area contributed by atoms with Gasteiger partial charge < -0.3 is 21.5 Å². The van der Waals surface area contributed by atoms with Gasteiger partial charge >= 0.3 is 12.0 Å². The van der Waals surface area contributed by atoms with Gasteiger partial charge in [0.25, 0.3) is 0 Å². The number of amides is 3. The first-order chi connectivity index (χ1) is 14.4. The predicted octanol–water partition coefficient (Wildman–Crippen LogP) is 0.502. The van der Waals surface area contributed by atoms with Crippen molar-refractivity contribution < 1.29 is 19.1 Å². The smallest absolute Gasteiger partial charge is 0.330 e. The normalized spacial score (nSPS) is 21.4. The van der Waals surface area contributed by atoms with Gasteiger partial charge in [-0.1, -0.05) is 30.3 Å². The summed E-state index contributed by atoms with van der Waals surface area (Å²) in [6.07, 6.45) is 2.85. The van der Waals surface area contributed by atoms with Crippen LogP contribution in [0.4, 0.5) is 4.79 Å². The third kappa shape index (κ3) is 4.94. The minimum atomic E-state index is -1.07. The van der Waals surface area contributed by atoms with E-state index >= 15 is 0 Å². The van der Waals surface area contributed by atoms with E-state index in [2.05, 4.69) is 10.3 Å². The molecule has 3 amide bonds. The van der Waals surface area contributed by atoms with Crippen LogP contribution in [-0.4, -0.2) is 53.3 Å². The maximum absolute atomic E-state index is 12.7. The fourth-order valence-corrected chi connectivity index (χ4v) is 3.44. The van der Waals surface area contributed by atoms with Gasteiger partial charge in [0.05, 0.1) is 5.92 Å². The molecule has 2 aliphatic rings. The zero-order valence-electron chi connectivity index (χ0n) is 16.5. The van der Waals surface area contributed by atoms with Crippen LogP contribution in [0, 0.1) is 11.3 Å². The maximum atomic E-state index is 12.7. The van der Waals surface area contributed by atoms with Crippen molar-refractivity contribution in [1.82, 2.24) is 10.2 Å². The van der Waals surface area contributed by atoms with Gasteiger partial charge in [0.2, 0.25) is 11.9 Å². The molecule has 30 heavy (non-hydrogen) atoms. The number of benzene rings is 1. The monoisotopic (exact) mass is 414 g/mol. The number of aliphatic imine (C=N–C) groups is 1. The van der Waals surface area contributed by atoms with Gasteiger partial charge in [0.15, 0.2) is 6.04 Å². The summed E-state index contributed by atoms with van der Waals surface area (Å²) in [6, 6.07) is 7.86. The van der Waals surface area contributed by atoms with E-state index in [1.165, 1.54) is 0 Å². The van der Waals surface area contributed by atoms with Crippen LogP contribution in [0.5, 0.6) is 0 Å². The summed E-state index contributed by atoms with van der Waals surface area (Å²) in [6.45, 7) is 0.315. The molecule has 0 radical (unpaired) electrons. The number of urea groups is 1. The molecule has 1 heterocycles. The number of guanidine groups is 1. The summed E-state index contributed by atoms with van der Waals surface area (Å²) in [5.41, 5.74) is 12.0. The molecule has 10 nitrogen and oxygen atoms in total. The lowest BCUT2D eigenvalue weighted by Gasteiger charge is -2.44. The van der Waals surface area contributed by atoms with Crippen molar-refractivity contribution in [2.45, 2.75) is 44.2 Å². The first-order valence-corrected chi connectivity index (χ1v) is 9.89. The van der Waals surface area contributed by atoms with Crippen molar-refractivity contribution in [2.75, 3.05) is 6.54 Å². The van der Waals surface area contributed by atoms with Gasteiger partial charge in [-0.3, -0.25) is 10.2 Å². The highest BCUT2D eigenvalue weighted by molar-refractivity contribution is 6.09. The molecule has 1 aliphatic heterocycles. The second-order valence-corrected chi connectivity index (χ2v) is 7.41. The molecule has 1 saturated heterocycles. The molecule has 2 fully saturated rings. The number of nitrogens with one attached hydrogen (secondary N) is 2. The summed E-state index contributed by atoms with van der Waals surface area (Å²) in [5.74, 6) is -2.59. The molecule has 1 aliphatic carbocycles. The number of β-lactam (4-membered cyclic amide) rings is 1. The van der Waals surface area contributed by atoms with E-state index in [0.717, 1.165) is 29.7 Å². The molecule has 0 spiro atoms. The molecule has 0 bridgehead atoms. The molecule has 1 saturated carbocycles. The number of rotatable bonds is 7. The molecular weight excluding hydrogens is 388 g/mol. The lowest BCUT2D eigenvalue weighted by Crippen LogP contribution is -2.69. The van der Waals surface area contributed by atoms with Crippen molar-refractivity contribution in [1.29, 1.82) is 5.41 Å². The first kappa shape index (κ1) is 21.3. The number of hydrogen-bond donors (Lipinski definition) is 4. The van der Waals surface area contributed by atoms with Crippen molar-refractivity contribution in [3.05, 3.63) is 35.9 Å². The van der Waals surface area contributed by atoms with Crippen LogP contribution >= 0.6 is 0 Å². The molecule has 2 atom stereocenters. The third-order valence-electron chi connectivity index (χ3n) is 5.24. The molecule has 0 unspecified atom stereocenters. The number of carbonyl (C=O) groups excluding carboxylic acids is 3. The Morgan fingerprint density at radius 3 is 2.53 bits per heavy atom. The number of imide groups is 1. The highest BCUT2D eigenvalue weighted by Crippen LogP contribution is 2.33. The predicted molar refractivity (Wildman–Crippen MR) is 110 cm³/mol. The largest absolute Gasteiger partial charge is 0.461 e. The Kier molecular flexibility index (Phi) is 6.65. The van der Waals surface area contributed by atoms with Crippen LogP contribution in [0.1, 0.15) is 31.2 Å². The summed E-state index contributed by atoms with van der Waals surface area (Å²) in [4.78, 5) is 42.3. The van der Waals surface area contributed by atoms with Crippen LogP contribution in [0.15, 0.2) is 35.3 Å². The first-order valence-electron chi connectivity index (χ1n) is 9.89. The Labute approximate surface area is 174 Å². The minimum absolute atomic E-state index is 0.0496. The standard InChI is InChI=1S/C20H26N6O4/c21-15(25-19(22)23)11-14-16(18(28)30-13-7-4-8-13)26(17(14)27)20(29)24-10-9-12-5-2-1-3-6-12/h1-3,5-6,13-14,16H,4,7-11H2,(H,24,29)(H5,21,22,23,25)/t14-,16+/m1/s1. The Hall–Kier alpha value is -3.43. The van der Waals surface area contributed by atoms with Gasteiger partial charge in [-0.15, -0.1) is 0 Å². The zero-order chi connectivity index (χ0) is 21.7. The molecule has 10 heteroatoms. The van der Waals surface area contributed by atoms with Crippen molar-refractivity contribution >= 4 is 29.7 Å². The third-order valence-corrected chi connectivity index (χ3v) is 5.24. The van der Waals surface area contributed by atoms with Gasteiger partial charge in [0, 0.05) is 13.0 Å². The molecular formula is C20H26N6O4. The number of ether oxygens (including phenoxy) is 1. The zero-order valence-corrected chi connectivity index (χ0v) is 16.5. The minimum Gasteiger partial charge on any atom is -0.461 e. The average Bonchev–Trinajstić information content (AvgIpc) is 2.66. The van der Waals surface area contributed by atoms with Gasteiger partial charge in [-0.05, 0) is 31.2 Å². The number of carbonyl (C=O) groups is 3. The Morgan fingerprint density at radius 2 is 1.93 bits per heavy atom. The number of amidine groups is 1. The van der Waals surface area contributed by atoms with Gasteiger partial charge in [-0.25, -0.2) is 19.5 Å². The Morgan fingerprint density at radius 1 is 1.23 bits per heavy atom. The lowest BCUT2D eigenvalue weighted by molar-refractivity contribution is -0.175. The van der Waals surface area contributed by atoms with E-state index in [1.54, 1.807) is 0 Å². The van der Waals surface area contributed by atoms with E-state index in [4.69, 9.17) is 21.6 Å². The fourth-order valence-electron chi connectivity index (χ4n) is 3.44. The summed E-state index contributed by atoms with van der Waals surface area (Å²) < 4.78 is 5.43. The molecule has 1 aromatic carbocycles. The summed E-state index contributed by atoms with van der Waals surface area (Å²) >= 11 is 0. The van der Waals surface area contributed by atoms with Crippen LogP contribution in [0.3, 0.4) is 0 Å². The van der Waals surface area contributed by atoms with Crippen LogP contribution in [0.25, 0.3) is 0 Å². The lowest BCUT2D eigenvalue weighted by atomic mass is 9.84. The number of esters is 1. The SMILES string of the molecule is N=C(N)N=C(N)C[C@H]1C(=O)N(C(=O)NCCc2ccccc2)[C@@H]1C(=O)OC1CCC1. The van der Waals surface area contributed by atoms with Crippen molar-refractivity contribution in [3.63, 3.8) is 0 Å². The van der Waals surface area contributed by atoms with Crippen molar-refractivity contribution in [2.24, 2.45) is 22.4 Å². The molecule has 160 valence electrons. The topological polar surface area (TPSA) is 164 Å². The van der Waals surface area contributed by atoms with E-state index < -0.39 is 35.8 Å². The fraction of sp³-hybridized carbons (Fsp3) is 0.450.